The van der Waals surface area contributed by atoms with E-state index in [0.717, 1.165) is 37.2 Å². The van der Waals surface area contributed by atoms with Crippen molar-refractivity contribution in [2.75, 3.05) is 26.7 Å². The number of benzene rings is 1. The van der Waals surface area contributed by atoms with Crippen molar-refractivity contribution in [3.8, 4) is 5.75 Å². The maximum Gasteiger partial charge on any atom is 0.228 e. The highest BCUT2D eigenvalue weighted by molar-refractivity contribution is 5.85. The molecule has 0 N–H and O–H groups in total. The van der Waals surface area contributed by atoms with Crippen LogP contribution in [0.15, 0.2) is 24.3 Å². The maximum absolute atomic E-state index is 13.7. The van der Waals surface area contributed by atoms with Gasteiger partial charge in [-0.1, -0.05) is 45.4 Å². The second-order valence-electron chi connectivity index (χ2n) is 8.96. The first-order chi connectivity index (χ1) is 14.0. The highest BCUT2D eigenvalue weighted by atomic mass is 16.5. The molecular formula is C24H36N2O3. The fourth-order valence-corrected chi connectivity index (χ4v) is 5.18. The summed E-state index contributed by atoms with van der Waals surface area (Å²) in [4.78, 5) is 30.6. The van der Waals surface area contributed by atoms with Gasteiger partial charge in [-0.2, -0.15) is 0 Å². The molecule has 2 fully saturated rings. The summed E-state index contributed by atoms with van der Waals surface area (Å²) in [6, 6.07) is 7.61. The summed E-state index contributed by atoms with van der Waals surface area (Å²) >= 11 is 0. The molecule has 0 bridgehead atoms. The summed E-state index contributed by atoms with van der Waals surface area (Å²) in [5.41, 5.74) is 0.954. The van der Waals surface area contributed by atoms with Crippen molar-refractivity contribution in [3.05, 3.63) is 29.8 Å². The molecule has 1 aromatic rings. The van der Waals surface area contributed by atoms with Crippen LogP contribution in [-0.4, -0.2) is 48.4 Å². The van der Waals surface area contributed by atoms with Crippen molar-refractivity contribution < 1.29 is 14.3 Å². The Morgan fingerprint density at radius 3 is 2.52 bits per heavy atom. The SMILES string of the molecule is CCCCN1C(=O)CCC(C(=O)N2CC(C)CC(C)C2)C1c1ccccc1OC. The third-order valence-corrected chi connectivity index (χ3v) is 6.41. The van der Waals surface area contributed by atoms with Crippen LogP contribution < -0.4 is 4.74 Å². The number of likely N-dealkylation sites (tertiary alicyclic amines) is 2. The average molecular weight is 401 g/mol. The van der Waals surface area contributed by atoms with Gasteiger partial charge in [0, 0.05) is 31.6 Å². The van der Waals surface area contributed by atoms with Crippen molar-refractivity contribution in [2.45, 2.75) is 58.9 Å². The van der Waals surface area contributed by atoms with E-state index in [4.69, 9.17) is 4.74 Å². The smallest absolute Gasteiger partial charge is 0.228 e. The quantitative estimate of drug-likeness (QED) is 0.716. The number of nitrogens with zero attached hydrogens (tertiary/aromatic N) is 2. The van der Waals surface area contributed by atoms with Gasteiger partial charge >= 0.3 is 0 Å². The minimum Gasteiger partial charge on any atom is -0.496 e. The van der Waals surface area contributed by atoms with E-state index in [1.165, 1.54) is 6.42 Å². The number of piperidine rings is 2. The monoisotopic (exact) mass is 400 g/mol. The number of unbranched alkanes of at least 4 members (excludes halogenated alkanes) is 1. The van der Waals surface area contributed by atoms with E-state index >= 15 is 0 Å². The van der Waals surface area contributed by atoms with Gasteiger partial charge in [0.1, 0.15) is 5.75 Å². The van der Waals surface area contributed by atoms with Crippen molar-refractivity contribution in [1.29, 1.82) is 0 Å². The van der Waals surface area contributed by atoms with Gasteiger partial charge in [0.25, 0.3) is 0 Å². The molecule has 2 heterocycles. The third-order valence-electron chi connectivity index (χ3n) is 6.41. The Bertz CT molecular complexity index is 710. The highest BCUT2D eigenvalue weighted by Crippen LogP contribution is 2.42. The lowest BCUT2D eigenvalue weighted by molar-refractivity contribution is -0.149. The van der Waals surface area contributed by atoms with E-state index in [0.29, 0.717) is 31.2 Å². The first kappa shape index (κ1) is 21.7. The molecule has 2 aliphatic heterocycles. The fourth-order valence-electron chi connectivity index (χ4n) is 5.18. The zero-order chi connectivity index (χ0) is 21.0. The molecule has 0 radical (unpaired) electrons. The molecule has 160 valence electrons. The summed E-state index contributed by atoms with van der Waals surface area (Å²) in [5, 5.41) is 0. The third kappa shape index (κ3) is 4.76. The van der Waals surface area contributed by atoms with E-state index in [9.17, 15) is 9.59 Å². The second kappa shape index (κ2) is 9.64. The lowest BCUT2D eigenvalue weighted by Gasteiger charge is -2.44. The van der Waals surface area contributed by atoms with Crippen molar-refractivity contribution in [1.82, 2.24) is 9.80 Å². The number of carbonyl (C=O) groups excluding carboxylic acids is 2. The lowest BCUT2D eigenvalue weighted by atomic mass is 9.81. The number of ether oxygens (including phenoxy) is 1. The summed E-state index contributed by atoms with van der Waals surface area (Å²) < 4.78 is 5.63. The number of hydrogen-bond acceptors (Lipinski definition) is 3. The number of rotatable bonds is 6. The maximum atomic E-state index is 13.7. The molecule has 4 unspecified atom stereocenters. The number of amides is 2. The summed E-state index contributed by atoms with van der Waals surface area (Å²) in [5.74, 6) is 1.94. The number of para-hydroxylation sites is 1. The van der Waals surface area contributed by atoms with Gasteiger partial charge < -0.3 is 14.5 Å². The first-order valence-corrected chi connectivity index (χ1v) is 11.2. The van der Waals surface area contributed by atoms with Gasteiger partial charge in [-0.15, -0.1) is 0 Å². The normalized spacial score (nSPS) is 27.8. The molecule has 0 aliphatic carbocycles. The van der Waals surface area contributed by atoms with Gasteiger partial charge in [0.05, 0.1) is 19.1 Å². The fraction of sp³-hybridized carbons (Fsp3) is 0.667. The summed E-state index contributed by atoms with van der Waals surface area (Å²) in [6.45, 7) is 8.92. The van der Waals surface area contributed by atoms with Crippen LogP contribution in [0.5, 0.6) is 5.75 Å². The van der Waals surface area contributed by atoms with Crippen LogP contribution in [0, 0.1) is 17.8 Å². The second-order valence-corrected chi connectivity index (χ2v) is 8.96. The molecule has 2 amide bonds. The number of carbonyl (C=O) groups is 2. The molecule has 3 rings (SSSR count). The molecule has 0 spiro atoms. The number of methoxy groups -OCH3 is 1. The highest BCUT2D eigenvalue weighted by Gasteiger charge is 2.43. The Labute approximate surface area is 175 Å². The topological polar surface area (TPSA) is 49.9 Å². The van der Waals surface area contributed by atoms with Crippen molar-refractivity contribution in [2.24, 2.45) is 17.8 Å². The molecule has 5 heteroatoms. The molecule has 0 saturated carbocycles. The van der Waals surface area contributed by atoms with Gasteiger partial charge in [-0.05, 0) is 37.2 Å². The van der Waals surface area contributed by atoms with E-state index < -0.39 is 0 Å². The van der Waals surface area contributed by atoms with Crippen LogP contribution in [0.25, 0.3) is 0 Å². The molecule has 5 nitrogen and oxygen atoms in total. The zero-order valence-corrected chi connectivity index (χ0v) is 18.4. The zero-order valence-electron chi connectivity index (χ0n) is 18.4. The van der Waals surface area contributed by atoms with E-state index in [2.05, 4.69) is 25.7 Å². The van der Waals surface area contributed by atoms with Crippen LogP contribution in [0.2, 0.25) is 0 Å². The molecule has 0 aromatic heterocycles. The largest absolute Gasteiger partial charge is 0.496 e. The molecule has 4 atom stereocenters. The lowest BCUT2D eigenvalue weighted by Crippen LogP contribution is -2.52. The van der Waals surface area contributed by atoms with Crippen LogP contribution in [0.3, 0.4) is 0 Å². The Hall–Kier alpha value is -2.04. The minimum absolute atomic E-state index is 0.152. The van der Waals surface area contributed by atoms with Gasteiger partial charge in [-0.3, -0.25) is 9.59 Å². The van der Waals surface area contributed by atoms with Gasteiger partial charge in [-0.25, -0.2) is 0 Å². The van der Waals surface area contributed by atoms with Gasteiger partial charge in [0.15, 0.2) is 0 Å². The van der Waals surface area contributed by atoms with E-state index in [1.54, 1.807) is 7.11 Å². The Kier molecular flexibility index (Phi) is 7.20. The predicted molar refractivity (Wildman–Crippen MR) is 115 cm³/mol. The molecule has 29 heavy (non-hydrogen) atoms. The Balaban J connectivity index is 1.96. The first-order valence-electron chi connectivity index (χ1n) is 11.2. The minimum atomic E-state index is -0.251. The Morgan fingerprint density at radius 2 is 1.86 bits per heavy atom. The summed E-state index contributed by atoms with van der Waals surface area (Å²) in [6.07, 6.45) is 4.19. The molecule has 2 saturated heterocycles. The van der Waals surface area contributed by atoms with Crippen molar-refractivity contribution in [3.63, 3.8) is 0 Å². The standard InChI is InChI=1S/C24H36N2O3/c1-5-6-13-26-22(27)12-11-20(23(26)19-9-7-8-10-21(19)29-4)24(28)25-15-17(2)14-18(3)16-25/h7-10,17-18,20,23H,5-6,11-16H2,1-4H3. The van der Waals surface area contributed by atoms with Crippen LogP contribution in [0.4, 0.5) is 0 Å². The van der Waals surface area contributed by atoms with E-state index in [-0.39, 0.29) is 23.8 Å². The molecular weight excluding hydrogens is 364 g/mol. The van der Waals surface area contributed by atoms with Gasteiger partial charge in [0.2, 0.25) is 11.8 Å². The van der Waals surface area contributed by atoms with Crippen LogP contribution in [-0.2, 0) is 9.59 Å². The predicted octanol–water partition coefficient (Wildman–Crippen LogP) is 4.28. The average Bonchev–Trinajstić information content (AvgIpc) is 2.71. The Morgan fingerprint density at radius 1 is 1.17 bits per heavy atom. The molecule has 1 aromatic carbocycles. The molecule has 2 aliphatic rings. The van der Waals surface area contributed by atoms with E-state index in [1.807, 2.05) is 29.2 Å². The summed E-state index contributed by atoms with van der Waals surface area (Å²) in [7, 11) is 1.66. The van der Waals surface area contributed by atoms with Crippen molar-refractivity contribution >= 4 is 11.8 Å². The number of hydrogen-bond donors (Lipinski definition) is 0. The van der Waals surface area contributed by atoms with Crippen LogP contribution >= 0.6 is 0 Å². The van der Waals surface area contributed by atoms with Crippen LogP contribution in [0.1, 0.15) is 64.5 Å².